The van der Waals surface area contributed by atoms with E-state index in [9.17, 15) is 0 Å². The van der Waals surface area contributed by atoms with E-state index in [0.29, 0.717) is 0 Å². The first-order chi connectivity index (χ1) is 11.9. The molecule has 0 amide bonds. The zero-order valence-electron chi connectivity index (χ0n) is 14.7. The van der Waals surface area contributed by atoms with Crippen molar-refractivity contribution in [2.45, 2.75) is 26.2 Å². The minimum atomic E-state index is 1.16. The van der Waals surface area contributed by atoms with Crippen molar-refractivity contribution >= 4 is 0 Å². The Balaban J connectivity index is 3.84. The molecule has 0 aliphatic heterocycles. The molecular formula is C24H29. The summed E-state index contributed by atoms with van der Waals surface area (Å²) in [7, 11) is 0. The molecule has 0 saturated heterocycles. The van der Waals surface area contributed by atoms with Crippen molar-refractivity contribution in [2.75, 3.05) is 0 Å². The van der Waals surface area contributed by atoms with Gasteiger partial charge < -0.3 is 0 Å². The summed E-state index contributed by atoms with van der Waals surface area (Å²) in [6.07, 6.45) is 41.1. The Morgan fingerprint density at radius 2 is 0.833 bits per heavy atom. The molecule has 0 atom stereocenters. The quantitative estimate of drug-likeness (QED) is 0.264. The molecule has 0 heteroatoms. The average Bonchev–Trinajstić information content (AvgIpc) is 2.60. The molecule has 0 bridgehead atoms. The fraction of sp³-hybridized carbons (Fsp3) is 0.167. The normalized spacial score (nSPS) is 14.0. The van der Waals surface area contributed by atoms with E-state index in [1.165, 1.54) is 18.9 Å². The molecule has 0 rings (SSSR count). The molecule has 0 aromatic heterocycles. The second kappa shape index (κ2) is 20.4. The number of rotatable bonds is 12. The predicted molar refractivity (Wildman–Crippen MR) is 111 cm³/mol. The zero-order chi connectivity index (χ0) is 17.6. The van der Waals surface area contributed by atoms with Crippen LogP contribution in [0.3, 0.4) is 0 Å². The Kier molecular flexibility index (Phi) is 18.2. The predicted octanol–water partition coefficient (Wildman–Crippen LogP) is 7.17. The van der Waals surface area contributed by atoms with Gasteiger partial charge in [-0.3, -0.25) is 0 Å². The van der Waals surface area contributed by atoms with Crippen LogP contribution in [0, 0.1) is 6.58 Å². The van der Waals surface area contributed by atoms with Crippen LogP contribution < -0.4 is 0 Å². The summed E-state index contributed by atoms with van der Waals surface area (Å²) in [5.41, 5.74) is 0. The molecule has 125 valence electrons. The average molecular weight is 317 g/mol. The van der Waals surface area contributed by atoms with Crippen LogP contribution in [0.2, 0.25) is 0 Å². The molecule has 0 saturated carbocycles. The van der Waals surface area contributed by atoms with Gasteiger partial charge in [0.05, 0.1) is 0 Å². The first kappa shape index (κ1) is 21.4. The summed E-state index contributed by atoms with van der Waals surface area (Å²) in [5, 5.41) is 0. The molecule has 0 unspecified atom stereocenters. The van der Waals surface area contributed by atoms with Crippen molar-refractivity contribution in [2.24, 2.45) is 0 Å². The topological polar surface area (TPSA) is 0 Å². The van der Waals surface area contributed by atoms with Crippen molar-refractivity contribution < 1.29 is 0 Å². The molecule has 0 aromatic carbocycles. The summed E-state index contributed by atoms with van der Waals surface area (Å²) < 4.78 is 0. The van der Waals surface area contributed by atoms with Gasteiger partial charge >= 0.3 is 0 Å². The van der Waals surface area contributed by atoms with Crippen LogP contribution in [-0.4, -0.2) is 0 Å². The summed E-state index contributed by atoms with van der Waals surface area (Å²) >= 11 is 0. The third kappa shape index (κ3) is 19.4. The van der Waals surface area contributed by atoms with Crippen LogP contribution in [0.1, 0.15) is 26.2 Å². The fourth-order valence-electron chi connectivity index (χ4n) is 1.52. The van der Waals surface area contributed by atoms with E-state index in [4.69, 9.17) is 6.58 Å². The van der Waals surface area contributed by atoms with Gasteiger partial charge in [-0.25, -0.2) is 0 Å². The number of allylic oxidation sites excluding steroid dienone is 19. The molecule has 1 radical (unpaired) electrons. The van der Waals surface area contributed by atoms with Crippen LogP contribution in [0.15, 0.2) is 115 Å². The van der Waals surface area contributed by atoms with Gasteiger partial charge in [-0.05, 0) is 6.42 Å². The van der Waals surface area contributed by atoms with Crippen LogP contribution >= 0.6 is 0 Å². The van der Waals surface area contributed by atoms with Gasteiger partial charge in [0.2, 0.25) is 0 Å². The molecule has 0 fully saturated rings. The fourth-order valence-corrected chi connectivity index (χ4v) is 1.52. The van der Waals surface area contributed by atoms with E-state index in [2.05, 4.69) is 25.2 Å². The Bertz CT molecular complexity index is 541. The zero-order valence-corrected chi connectivity index (χ0v) is 14.7. The number of unbranched alkanes of at least 4 members (excludes halogenated alkanes) is 2. The van der Waals surface area contributed by atoms with Crippen molar-refractivity contribution in [3.63, 3.8) is 0 Å². The molecule has 0 spiro atoms. The van der Waals surface area contributed by atoms with Crippen molar-refractivity contribution in [3.8, 4) is 0 Å². The highest BCUT2D eigenvalue weighted by Gasteiger charge is 1.74. The Morgan fingerprint density at radius 3 is 1.17 bits per heavy atom. The van der Waals surface area contributed by atoms with Crippen molar-refractivity contribution in [3.05, 3.63) is 122 Å². The molecular weight excluding hydrogens is 288 g/mol. The third-order valence-corrected chi connectivity index (χ3v) is 2.75. The molecule has 0 aliphatic rings. The maximum absolute atomic E-state index is 5.21. The lowest BCUT2D eigenvalue weighted by atomic mass is 10.2. The lowest BCUT2D eigenvalue weighted by molar-refractivity contribution is 0.815. The van der Waals surface area contributed by atoms with Crippen LogP contribution in [0.4, 0.5) is 0 Å². The van der Waals surface area contributed by atoms with E-state index in [0.717, 1.165) is 6.42 Å². The van der Waals surface area contributed by atoms with E-state index >= 15 is 0 Å². The van der Waals surface area contributed by atoms with Gasteiger partial charge in [0, 0.05) is 0 Å². The molecule has 0 aliphatic carbocycles. The van der Waals surface area contributed by atoms with Gasteiger partial charge in [-0.2, -0.15) is 0 Å². The van der Waals surface area contributed by atoms with Gasteiger partial charge in [0.15, 0.2) is 0 Å². The highest BCUT2D eigenvalue weighted by molar-refractivity contribution is 5.22. The van der Waals surface area contributed by atoms with E-state index in [1.807, 2.05) is 85.1 Å². The molecule has 24 heavy (non-hydrogen) atoms. The van der Waals surface area contributed by atoms with E-state index < -0.39 is 0 Å². The number of hydrogen-bond donors (Lipinski definition) is 0. The minimum absolute atomic E-state index is 1.16. The molecule has 0 heterocycles. The van der Waals surface area contributed by atoms with E-state index in [-0.39, 0.29) is 0 Å². The minimum Gasteiger partial charge on any atom is -0.0845 e. The first-order valence-electron chi connectivity index (χ1n) is 8.45. The van der Waals surface area contributed by atoms with Crippen LogP contribution in [-0.2, 0) is 0 Å². The van der Waals surface area contributed by atoms with Gasteiger partial charge in [0.1, 0.15) is 0 Å². The smallest absolute Gasteiger partial charge is 0.0348 e. The molecule has 0 nitrogen and oxygen atoms in total. The second-order valence-corrected chi connectivity index (χ2v) is 4.84. The van der Waals surface area contributed by atoms with Crippen molar-refractivity contribution in [1.82, 2.24) is 0 Å². The standard InChI is InChI=1S/C24H29/c1-3-5-7-9-11-13-15-17-19-21-23-24-22-20-18-16-14-12-10-8-6-4-2/h1,3,5,7,9-24H,4,6,8H2,2H3/b3-1?,7-5+,11-9+,12-10+,15-13+,16-14+,19-17+,20-18+,23-21+,24-22+. The lowest BCUT2D eigenvalue weighted by Gasteiger charge is -1.84. The van der Waals surface area contributed by atoms with Crippen LogP contribution in [0.5, 0.6) is 0 Å². The Labute approximate surface area is 148 Å². The maximum Gasteiger partial charge on any atom is -0.0348 e. The Morgan fingerprint density at radius 1 is 0.500 bits per heavy atom. The van der Waals surface area contributed by atoms with Crippen molar-refractivity contribution in [1.29, 1.82) is 0 Å². The number of hydrogen-bond acceptors (Lipinski definition) is 0. The summed E-state index contributed by atoms with van der Waals surface area (Å²) in [4.78, 5) is 0. The van der Waals surface area contributed by atoms with Crippen LogP contribution in [0.25, 0.3) is 0 Å². The summed E-state index contributed by atoms with van der Waals surface area (Å²) in [5.74, 6) is 0. The highest BCUT2D eigenvalue weighted by Crippen LogP contribution is 1.95. The van der Waals surface area contributed by atoms with Gasteiger partial charge in [-0.1, -0.05) is 142 Å². The van der Waals surface area contributed by atoms with Gasteiger partial charge in [0.25, 0.3) is 0 Å². The molecule has 0 N–H and O–H groups in total. The first-order valence-corrected chi connectivity index (χ1v) is 8.45. The summed E-state index contributed by atoms with van der Waals surface area (Å²) in [6.45, 7) is 7.42. The Hall–Kier alpha value is -2.60. The molecule has 0 aromatic rings. The summed E-state index contributed by atoms with van der Waals surface area (Å²) in [6, 6.07) is 0. The van der Waals surface area contributed by atoms with Gasteiger partial charge in [-0.15, -0.1) is 0 Å². The van der Waals surface area contributed by atoms with E-state index in [1.54, 1.807) is 6.08 Å². The third-order valence-electron chi connectivity index (χ3n) is 2.75. The maximum atomic E-state index is 5.21. The monoisotopic (exact) mass is 317 g/mol. The highest BCUT2D eigenvalue weighted by atomic mass is 13.8. The largest absolute Gasteiger partial charge is 0.0845 e. The SMILES string of the molecule is [CH]=C/C=C/C=C/C=C/C=C/C=C/C=C/C=C/C=C/C=C/CCCC. The lowest BCUT2D eigenvalue weighted by Crippen LogP contribution is -1.64. The second-order valence-electron chi connectivity index (χ2n) is 4.84.